The van der Waals surface area contributed by atoms with Gasteiger partial charge >= 0.3 is 0 Å². The fraction of sp³-hybridized carbons (Fsp3) is 0.250. The van der Waals surface area contributed by atoms with Crippen LogP contribution < -0.4 is 5.32 Å². The van der Waals surface area contributed by atoms with Crippen molar-refractivity contribution in [2.45, 2.75) is 12.5 Å². The van der Waals surface area contributed by atoms with Gasteiger partial charge in [-0.1, -0.05) is 41.9 Å². The molecule has 98 valence electrons. The molecule has 1 unspecified atom stereocenters. The summed E-state index contributed by atoms with van der Waals surface area (Å²) in [6.45, 7) is 1.55. The molecule has 1 heterocycles. The van der Waals surface area contributed by atoms with E-state index in [1.165, 1.54) is 11.1 Å². The lowest BCUT2D eigenvalue weighted by molar-refractivity contribution is 0.0513. The zero-order valence-electron chi connectivity index (χ0n) is 10.6. The molecule has 0 amide bonds. The summed E-state index contributed by atoms with van der Waals surface area (Å²) >= 11 is 5.98. The topological polar surface area (TPSA) is 21.3 Å². The van der Waals surface area contributed by atoms with Gasteiger partial charge in [-0.3, -0.25) is 0 Å². The molecule has 1 atom stereocenters. The molecule has 0 aromatic heterocycles. The van der Waals surface area contributed by atoms with E-state index in [4.69, 9.17) is 16.3 Å². The molecule has 0 fully saturated rings. The maximum atomic E-state index is 5.98. The van der Waals surface area contributed by atoms with Gasteiger partial charge in [0, 0.05) is 17.3 Å². The maximum Gasteiger partial charge on any atom is 0.0999 e. The molecule has 3 rings (SSSR count). The highest BCUT2D eigenvalue weighted by Gasteiger charge is 2.19. The lowest BCUT2D eigenvalue weighted by atomic mass is 9.97. The van der Waals surface area contributed by atoms with Gasteiger partial charge in [-0.25, -0.2) is 0 Å². The Kier molecular flexibility index (Phi) is 3.72. The van der Waals surface area contributed by atoms with Crippen LogP contribution in [-0.2, 0) is 11.2 Å². The molecule has 1 aliphatic rings. The minimum absolute atomic E-state index is 0.115. The summed E-state index contributed by atoms with van der Waals surface area (Å²) in [4.78, 5) is 0. The van der Waals surface area contributed by atoms with Crippen molar-refractivity contribution >= 4 is 17.3 Å². The first kappa shape index (κ1) is 12.5. The predicted octanol–water partition coefficient (Wildman–Crippen LogP) is 4.07. The third kappa shape index (κ3) is 2.91. The molecule has 1 N–H and O–H groups in total. The molecule has 3 heteroatoms. The Hall–Kier alpha value is -1.51. The first-order valence-corrected chi connectivity index (χ1v) is 6.89. The highest BCUT2D eigenvalue weighted by molar-refractivity contribution is 6.30. The maximum absolute atomic E-state index is 5.98. The number of ether oxygens (including phenoxy) is 1. The van der Waals surface area contributed by atoms with E-state index in [9.17, 15) is 0 Å². The van der Waals surface area contributed by atoms with Crippen LogP contribution in [0.2, 0.25) is 5.02 Å². The van der Waals surface area contributed by atoms with E-state index < -0.39 is 0 Å². The number of nitrogens with one attached hydrogen (secondary N) is 1. The Morgan fingerprint density at radius 1 is 1.16 bits per heavy atom. The van der Waals surface area contributed by atoms with E-state index in [0.29, 0.717) is 0 Å². The van der Waals surface area contributed by atoms with E-state index in [2.05, 4.69) is 29.6 Å². The van der Waals surface area contributed by atoms with Crippen molar-refractivity contribution in [3.05, 3.63) is 64.7 Å². The average molecular weight is 274 g/mol. The van der Waals surface area contributed by atoms with Gasteiger partial charge in [0.15, 0.2) is 0 Å². The molecule has 0 radical (unpaired) electrons. The van der Waals surface area contributed by atoms with Gasteiger partial charge in [-0.2, -0.15) is 0 Å². The predicted molar refractivity (Wildman–Crippen MR) is 78.8 cm³/mol. The number of hydrogen-bond acceptors (Lipinski definition) is 2. The number of rotatable bonds is 3. The van der Waals surface area contributed by atoms with Gasteiger partial charge in [0.25, 0.3) is 0 Å². The smallest absolute Gasteiger partial charge is 0.0999 e. The highest BCUT2D eigenvalue weighted by atomic mass is 35.5. The van der Waals surface area contributed by atoms with Crippen molar-refractivity contribution in [1.82, 2.24) is 0 Å². The van der Waals surface area contributed by atoms with Crippen LogP contribution in [0, 0.1) is 0 Å². The molecule has 1 aliphatic heterocycles. The monoisotopic (exact) mass is 273 g/mol. The van der Waals surface area contributed by atoms with E-state index in [1.807, 2.05) is 24.3 Å². The molecule has 0 saturated carbocycles. The zero-order valence-corrected chi connectivity index (χ0v) is 11.4. The molecule has 0 aliphatic carbocycles. The molecule has 0 bridgehead atoms. The SMILES string of the molecule is Clc1cccc(NCC2OCCc3ccccc32)c1. The van der Waals surface area contributed by atoms with Crippen molar-refractivity contribution in [1.29, 1.82) is 0 Å². The summed E-state index contributed by atoms with van der Waals surface area (Å²) in [6, 6.07) is 16.3. The zero-order chi connectivity index (χ0) is 13.1. The molecule has 2 nitrogen and oxygen atoms in total. The molecular formula is C16H16ClNO. The largest absolute Gasteiger partial charge is 0.382 e. The lowest BCUT2D eigenvalue weighted by Crippen LogP contribution is -2.22. The molecule has 2 aromatic carbocycles. The van der Waals surface area contributed by atoms with Gasteiger partial charge < -0.3 is 10.1 Å². The second-order valence-corrected chi connectivity index (χ2v) is 5.14. The normalized spacial score (nSPS) is 17.8. The minimum atomic E-state index is 0.115. The van der Waals surface area contributed by atoms with Gasteiger partial charge in [0.1, 0.15) is 0 Å². The summed E-state index contributed by atoms with van der Waals surface area (Å²) in [7, 11) is 0. The van der Waals surface area contributed by atoms with E-state index in [0.717, 1.165) is 30.3 Å². The molecular weight excluding hydrogens is 258 g/mol. The van der Waals surface area contributed by atoms with Crippen molar-refractivity contribution in [3.8, 4) is 0 Å². The van der Waals surface area contributed by atoms with Crippen LogP contribution in [0.1, 0.15) is 17.2 Å². The Labute approximate surface area is 118 Å². The summed E-state index contributed by atoms with van der Waals surface area (Å²) < 4.78 is 5.86. The first-order chi connectivity index (χ1) is 9.33. The van der Waals surface area contributed by atoms with Crippen molar-refractivity contribution in [3.63, 3.8) is 0 Å². The number of fused-ring (bicyclic) bond motifs is 1. The number of benzene rings is 2. The summed E-state index contributed by atoms with van der Waals surface area (Å²) in [6.07, 6.45) is 1.12. The van der Waals surface area contributed by atoms with Crippen LogP contribution in [0.5, 0.6) is 0 Å². The fourth-order valence-corrected chi connectivity index (χ4v) is 2.65. The van der Waals surface area contributed by atoms with Gasteiger partial charge in [0.2, 0.25) is 0 Å². The minimum Gasteiger partial charge on any atom is -0.382 e. The van der Waals surface area contributed by atoms with E-state index >= 15 is 0 Å². The average Bonchev–Trinajstić information content (AvgIpc) is 2.45. The van der Waals surface area contributed by atoms with Crippen LogP contribution >= 0.6 is 11.6 Å². The third-order valence-corrected chi connectivity index (χ3v) is 3.64. The van der Waals surface area contributed by atoms with Gasteiger partial charge in [-0.05, 0) is 35.7 Å². The third-order valence-electron chi connectivity index (χ3n) is 3.41. The van der Waals surface area contributed by atoms with Gasteiger partial charge in [-0.15, -0.1) is 0 Å². The highest BCUT2D eigenvalue weighted by Crippen LogP contribution is 2.27. The van der Waals surface area contributed by atoms with Crippen molar-refractivity contribution in [2.24, 2.45) is 0 Å². The summed E-state index contributed by atoms with van der Waals surface area (Å²) in [5.41, 5.74) is 3.72. The molecule has 2 aromatic rings. The van der Waals surface area contributed by atoms with Crippen LogP contribution in [0.25, 0.3) is 0 Å². The second-order valence-electron chi connectivity index (χ2n) is 4.70. The van der Waals surface area contributed by atoms with Gasteiger partial charge in [0.05, 0.1) is 12.7 Å². The Balaban J connectivity index is 1.71. The van der Waals surface area contributed by atoms with E-state index in [1.54, 1.807) is 0 Å². The molecule has 19 heavy (non-hydrogen) atoms. The summed E-state index contributed by atoms with van der Waals surface area (Å²) in [5, 5.41) is 4.13. The van der Waals surface area contributed by atoms with Crippen LogP contribution in [-0.4, -0.2) is 13.2 Å². The second kappa shape index (κ2) is 5.64. The molecule has 0 saturated heterocycles. The fourth-order valence-electron chi connectivity index (χ4n) is 2.45. The Morgan fingerprint density at radius 2 is 2.05 bits per heavy atom. The number of anilines is 1. The number of hydrogen-bond donors (Lipinski definition) is 1. The Bertz CT molecular complexity index is 570. The number of halogens is 1. The van der Waals surface area contributed by atoms with E-state index in [-0.39, 0.29) is 6.10 Å². The first-order valence-electron chi connectivity index (χ1n) is 6.52. The van der Waals surface area contributed by atoms with Crippen molar-refractivity contribution in [2.75, 3.05) is 18.5 Å². The summed E-state index contributed by atoms with van der Waals surface area (Å²) in [5.74, 6) is 0. The quantitative estimate of drug-likeness (QED) is 0.910. The lowest BCUT2D eigenvalue weighted by Gasteiger charge is -2.26. The van der Waals surface area contributed by atoms with Crippen molar-refractivity contribution < 1.29 is 4.74 Å². The van der Waals surface area contributed by atoms with Crippen LogP contribution in [0.3, 0.4) is 0 Å². The Morgan fingerprint density at radius 3 is 2.95 bits per heavy atom. The molecule has 0 spiro atoms. The van der Waals surface area contributed by atoms with Crippen LogP contribution in [0.4, 0.5) is 5.69 Å². The standard InChI is InChI=1S/C16H16ClNO/c17-13-5-3-6-14(10-13)18-11-16-15-7-2-1-4-12(15)8-9-19-16/h1-7,10,16,18H,8-9,11H2. The van der Waals surface area contributed by atoms with Crippen LogP contribution in [0.15, 0.2) is 48.5 Å².